The van der Waals surface area contributed by atoms with Gasteiger partial charge in [0, 0.05) is 44.0 Å². The molecule has 2 N–H and O–H groups in total. The molecule has 0 saturated carbocycles. The zero-order chi connectivity index (χ0) is 18.7. The predicted octanol–water partition coefficient (Wildman–Crippen LogP) is 4.43. The fourth-order valence-corrected chi connectivity index (χ4v) is 3.35. The van der Waals surface area contributed by atoms with Crippen molar-refractivity contribution in [1.82, 2.24) is 15.6 Å². The molecule has 1 atom stereocenters. The van der Waals surface area contributed by atoms with Gasteiger partial charge in [0.2, 0.25) is 0 Å². The molecule has 0 radical (unpaired) electrons. The molecule has 152 valence electrons. The minimum Gasteiger partial charge on any atom is -0.378 e. The van der Waals surface area contributed by atoms with E-state index in [2.05, 4.69) is 60.6 Å². The monoisotopic (exact) mass is 496 g/mol. The molecule has 0 aliphatic rings. The molecule has 26 heavy (non-hydrogen) atoms. The van der Waals surface area contributed by atoms with Crippen molar-refractivity contribution in [3.8, 4) is 0 Å². The van der Waals surface area contributed by atoms with Crippen LogP contribution >= 0.6 is 35.3 Å². The standard InChI is InChI=1S/C19H36N4OS.HI/c1-7-20-19(22-12-10-17(14(3)4)24-8-2)21-11-9-16-13-25-18(23-16)15(5)6;/h13-15,17H,7-12H2,1-6H3,(H2,20,21,22);1H. The van der Waals surface area contributed by atoms with Gasteiger partial charge in [0.15, 0.2) is 5.96 Å². The normalized spacial score (nSPS) is 13.0. The van der Waals surface area contributed by atoms with Crippen LogP contribution in [-0.4, -0.2) is 43.3 Å². The summed E-state index contributed by atoms with van der Waals surface area (Å²) in [6.45, 7) is 16.1. The molecule has 0 aliphatic carbocycles. The number of halogens is 1. The smallest absolute Gasteiger partial charge is 0.191 e. The fourth-order valence-electron chi connectivity index (χ4n) is 2.48. The average molecular weight is 497 g/mol. The summed E-state index contributed by atoms with van der Waals surface area (Å²) in [6, 6.07) is 0. The van der Waals surface area contributed by atoms with Gasteiger partial charge in [0.1, 0.15) is 0 Å². The van der Waals surface area contributed by atoms with Crippen molar-refractivity contribution < 1.29 is 4.74 Å². The Kier molecular flexibility index (Phi) is 14.4. The van der Waals surface area contributed by atoms with Gasteiger partial charge in [-0.1, -0.05) is 27.7 Å². The molecule has 1 unspecified atom stereocenters. The van der Waals surface area contributed by atoms with Crippen LogP contribution in [0.25, 0.3) is 0 Å². The molecule has 1 aromatic heterocycles. The van der Waals surface area contributed by atoms with Gasteiger partial charge >= 0.3 is 0 Å². The lowest BCUT2D eigenvalue weighted by Crippen LogP contribution is -2.38. The number of hydrogen-bond donors (Lipinski definition) is 2. The number of ether oxygens (including phenoxy) is 1. The Labute approximate surface area is 180 Å². The highest BCUT2D eigenvalue weighted by Crippen LogP contribution is 2.19. The maximum Gasteiger partial charge on any atom is 0.191 e. The summed E-state index contributed by atoms with van der Waals surface area (Å²) < 4.78 is 5.79. The number of nitrogens with zero attached hydrogens (tertiary/aromatic N) is 2. The van der Waals surface area contributed by atoms with Crippen LogP contribution in [0.5, 0.6) is 0 Å². The van der Waals surface area contributed by atoms with Crippen molar-refractivity contribution in [1.29, 1.82) is 0 Å². The first kappa shape index (κ1) is 25.6. The molecule has 0 fully saturated rings. The number of aliphatic imine (C=N–C) groups is 1. The molecule has 0 saturated heterocycles. The summed E-state index contributed by atoms with van der Waals surface area (Å²) in [6.07, 6.45) is 2.15. The Bertz CT molecular complexity index is 505. The minimum atomic E-state index is 0. The lowest BCUT2D eigenvalue weighted by molar-refractivity contribution is 0.0266. The Morgan fingerprint density at radius 1 is 1.23 bits per heavy atom. The lowest BCUT2D eigenvalue weighted by Gasteiger charge is -2.20. The Morgan fingerprint density at radius 2 is 1.96 bits per heavy atom. The summed E-state index contributed by atoms with van der Waals surface area (Å²) in [7, 11) is 0. The van der Waals surface area contributed by atoms with Crippen molar-refractivity contribution in [2.45, 2.75) is 66.4 Å². The summed E-state index contributed by atoms with van der Waals surface area (Å²) in [5, 5.41) is 10.1. The Balaban J connectivity index is 0.00000625. The van der Waals surface area contributed by atoms with Crippen LogP contribution in [0.4, 0.5) is 0 Å². The highest BCUT2D eigenvalue weighted by molar-refractivity contribution is 14.0. The van der Waals surface area contributed by atoms with Gasteiger partial charge in [-0.05, 0) is 26.2 Å². The van der Waals surface area contributed by atoms with E-state index in [1.54, 1.807) is 11.3 Å². The molecule has 7 heteroatoms. The summed E-state index contributed by atoms with van der Waals surface area (Å²) in [5.41, 5.74) is 1.16. The van der Waals surface area contributed by atoms with Crippen LogP contribution in [0.2, 0.25) is 0 Å². The zero-order valence-corrected chi connectivity index (χ0v) is 20.3. The summed E-state index contributed by atoms with van der Waals surface area (Å²) in [5.74, 6) is 1.90. The third kappa shape index (κ3) is 10.1. The molecule has 0 aliphatic heterocycles. The van der Waals surface area contributed by atoms with Gasteiger partial charge in [-0.25, -0.2) is 4.98 Å². The third-order valence-corrected chi connectivity index (χ3v) is 5.08. The van der Waals surface area contributed by atoms with E-state index in [4.69, 9.17) is 4.74 Å². The Morgan fingerprint density at radius 3 is 2.50 bits per heavy atom. The first-order chi connectivity index (χ1) is 12.0. The zero-order valence-electron chi connectivity index (χ0n) is 17.2. The largest absolute Gasteiger partial charge is 0.378 e. The summed E-state index contributed by atoms with van der Waals surface area (Å²) >= 11 is 1.75. The van der Waals surface area contributed by atoms with Gasteiger partial charge in [-0.2, -0.15) is 0 Å². The molecular weight excluding hydrogens is 459 g/mol. The van der Waals surface area contributed by atoms with E-state index in [9.17, 15) is 0 Å². The number of thiazole rings is 1. The van der Waals surface area contributed by atoms with E-state index >= 15 is 0 Å². The van der Waals surface area contributed by atoms with Crippen molar-refractivity contribution in [2.75, 3.05) is 26.2 Å². The highest BCUT2D eigenvalue weighted by atomic mass is 127. The summed E-state index contributed by atoms with van der Waals surface area (Å²) in [4.78, 5) is 9.36. The van der Waals surface area contributed by atoms with E-state index in [1.165, 1.54) is 5.01 Å². The van der Waals surface area contributed by atoms with Gasteiger partial charge in [0.25, 0.3) is 0 Å². The lowest BCUT2D eigenvalue weighted by atomic mass is 10.0. The van der Waals surface area contributed by atoms with E-state index in [0.717, 1.165) is 50.7 Å². The van der Waals surface area contributed by atoms with Crippen LogP contribution in [0.15, 0.2) is 10.4 Å². The molecule has 5 nitrogen and oxygen atoms in total. The van der Waals surface area contributed by atoms with Gasteiger partial charge < -0.3 is 15.4 Å². The van der Waals surface area contributed by atoms with Crippen molar-refractivity contribution in [3.63, 3.8) is 0 Å². The predicted molar refractivity (Wildman–Crippen MR) is 124 cm³/mol. The van der Waals surface area contributed by atoms with E-state index in [-0.39, 0.29) is 30.1 Å². The number of nitrogens with one attached hydrogen (secondary N) is 2. The SMILES string of the molecule is CCNC(=NCCC(OCC)C(C)C)NCCc1csc(C(C)C)n1.I. The second kappa shape index (κ2) is 14.6. The van der Waals surface area contributed by atoms with E-state index in [0.29, 0.717) is 11.8 Å². The van der Waals surface area contributed by atoms with Gasteiger partial charge in [-0.15, -0.1) is 35.3 Å². The number of hydrogen-bond acceptors (Lipinski definition) is 4. The van der Waals surface area contributed by atoms with Crippen molar-refractivity contribution in [2.24, 2.45) is 10.9 Å². The first-order valence-electron chi connectivity index (χ1n) is 9.55. The number of aromatic nitrogens is 1. The molecule has 1 heterocycles. The van der Waals surface area contributed by atoms with Crippen LogP contribution in [0.1, 0.15) is 64.6 Å². The van der Waals surface area contributed by atoms with Crippen LogP contribution in [-0.2, 0) is 11.2 Å². The maximum atomic E-state index is 5.79. The van der Waals surface area contributed by atoms with E-state index < -0.39 is 0 Å². The number of rotatable bonds is 11. The second-order valence-electron chi connectivity index (χ2n) is 6.80. The molecule has 0 aromatic carbocycles. The number of guanidine groups is 1. The minimum absolute atomic E-state index is 0. The van der Waals surface area contributed by atoms with Crippen LogP contribution in [0, 0.1) is 5.92 Å². The van der Waals surface area contributed by atoms with Crippen LogP contribution < -0.4 is 10.6 Å². The molecule has 0 amide bonds. The maximum absolute atomic E-state index is 5.79. The topological polar surface area (TPSA) is 58.5 Å². The van der Waals surface area contributed by atoms with Gasteiger partial charge in [-0.3, -0.25) is 4.99 Å². The van der Waals surface area contributed by atoms with Crippen molar-refractivity contribution in [3.05, 3.63) is 16.1 Å². The van der Waals surface area contributed by atoms with Gasteiger partial charge in [0.05, 0.1) is 16.8 Å². The Hall–Kier alpha value is -0.410. The molecule has 1 aromatic rings. The quantitative estimate of drug-likeness (QED) is 0.270. The first-order valence-corrected chi connectivity index (χ1v) is 10.4. The van der Waals surface area contributed by atoms with Crippen molar-refractivity contribution >= 4 is 41.3 Å². The highest BCUT2D eigenvalue weighted by Gasteiger charge is 2.12. The molecule has 1 rings (SSSR count). The molecule has 0 spiro atoms. The van der Waals surface area contributed by atoms with Crippen LogP contribution in [0.3, 0.4) is 0 Å². The second-order valence-corrected chi connectivity index (χ2v) is 7.69. The third-order valence-electron chi connectivity index (χ3n) is 3.89. The van der Waals surface area contributed by atoms with E-state index in [1.807, 2.05) is 6.92 Å². The molecule has 0 bridgehead atoms. The fraction of sp³-hybridized carbons (Fsp3) is 0.789. The average Bonchev–Trinajstić information content (AvgIpc) is 3.03. The molecular formula is C19H37IN4OS.